The van der Waals surface area contributed by atoms with Gasteiger partial charge in [-0.15, -0.1) is 0 Å². The minimum Gasteiger partial charge on any atom is -0.395 e. The zero-order valence-electron chi connectivity index (χ0n) is 15.7. The summed E-state index contributed by atoms with van der Waals surface area (Å²) < 4.78 is 0. The number of likely N-dealkylation sites (tertiary alicyclic amines) is 1. The summed E-state index contributed by atoms with van der Waals surface area (Å²) in [5.41, 5.74) is 1.17. The highest BCUT2D eigenvalue weighted by molar-refractivity contribution is 6.31. The third kappa shape index (κ3) is 4.05. The normalized spacial score (nSPS) is 17.3. The summed E-state index contributed by atoms with van der Waals surface area (Å²) in [6, 6.07) is 3.48. The van der Waals surface area contributed by atoms with Crippen molar-refractivity contribution in [2.45, 2.75) is 32.8 Å². The Balaban J connectivity index is 1.73. The Bertz CT molecular complexity index is 799. The van der Waals surface area contributed by atoms with Crippen molar-refractivity contribution in [1.29, 1.82) is 0 Å². The second-order valence-electron chi connectivity index (χ2n) is 7.77. The van der Waals surface area contributed by atoms with Crippen molar-refractivity contribution in [2.24, 2.45) is 11.3 Å². The number of aromatic nitrogens is 2. The Labute approximate surface area is 163 Å². The van der Waals surface area contributed by atoms with Gasteiger partial charge in [0, 0.05) is 35.6 Å². The van der Waals surface area contributed by atoms with Crippen LogP contribution < -0.4 is 5.32 Å². The van der Waals surface area contributed by atoms with Crippen LogP contribution in [-0.2, 0) is 0 Å². The molecule has 3 rings (SSSR count). The van der Waals surface area contributed by atoms with E-state index in [1.54, 1.807) is 17.2 Å². The number of hydrogen-bond donors (Lipinski definition) is 4. The fraction of sp³-hybridized carbons (Fsp3) is 0.579. The molecule has 1 aliphatic heterocycles. The molecule has 1 aromatic heterocycles. The Morgan fingerprint density at radius 3 is 2.81 bits per heavy atom. The molecule has 2 aromatic rings. The van der Waals surface area contributed by atoms with Crippen LogP contribution in [0.3, 0.4) is 0 Å². The van der Waals surface area contributed by atoms with Gasteiger partial charge in [0.25, 0.3) is 0 Å². The summed E-state index contributed by atoms with van der Waals surface area (Å²) >= 11 is 6.23. The molecule has 1 fully saturated rings. The van der Waals surface area contributed by atoms with E-state index in [4.69, 9.17) is 16.7 Å². The number of urea groups is 1. The van der Waals surface area contributed by atoms with Crippen LogP contribution in [-0.4, -0.2) is 57.6 Å². The fourth-order valence-electron chi connectivity index (χ4n) is 3.99. The molecular weight excluding hydrogens is 368 g/mol. The van der Waals surface area contributed by atoms with Crippen LogP contribution in [0.1, 0.15) is 38.4 Å². The second kappa shape index (κ2) is 8.04. The van der Waals surface area contributed by atoms with Gasteiger partial charge in [-0.25, -0.2) is 4.79 Å². The summed E-state index contributed by atoms with van der Waals surface area (Å²) in [7, 11) is 0. The molecule has 148 valence electrons. The molecule has 0 bridgehead atoms. The standard InChI is InChI=1S/C19H27ClN4O3/c1-19(2,13-3-6-24(7-4-13)18(27)21-5-8-25)17(26)15-10-14(20)9-12-11-22-23-16(12)15/h9-11,13,17,25-26H,3-8H2,1-2H3,(H,21,27)(H,22,23). The number of nitrogens with zero attached hydrogens (tertiary/aromatic N) is 2. The number of amides is 2. The maximum atomic E-state index is 12.1. The van der Waals surface area contributed by atoms with Crippen molar-refractivity contribution in [2.75, 3.05) is 26.2 Å². The first-order valence-corrected chi connectivity index (χ1v) is 9.66. The number of halogens is 1. The number of piperidine rings is 1. The lowest BCUT2D eigenvalue weighted by Gasteiger charge is -2.43. The van der Waals surface area contributed by atoms with E-state index in [0.29, 0.717) is 18.1 Å². The number of carbonyl (C=O) groups is 1. The van der Waals surface area contributed by atoms with Crippen LogP contribution in [0.25, 0.3) is 10.9 Å². The molecular formula is C19H27ClN4O3. The van der Waals surface area contributed by atoms with Crippen LogP contribution in [0.2, 0.25) is 5.02 Å². The summed E-state index contributed by atoms with van der Waals surface area (Å²) in [6.07, 6.45) is 2.61. The maximum Gasteiger partial charge on any atom is 0.317 e. The van der Waals surface area contributed by atoms with Gasteiger partial charge in [-0.2, -0.15) is 5.10 Å². The molecule has 1 aromatic carbocycles. The Morgan fingerprint density at radius 1 is 1.44 bits per heavy atom. The number of carbonyl (C=O) groups excluding carboxylic acids is 1. The van der Waals surface area contributed by atoms with E-state index >= 15 is 0 Å². The molecule has 2 heterocycles. The summed E-state index contributed by atoms with van der Waals surface area (Å²) in [4.78, 5) is 13.8. The molecule has 0 saturated carbocycles. The van der Waals surface area contributed by atoms with Crippen molar-refractivity contribution >= 4 is 28.5 Å². The van der Waals surface area contributed by atoms with E-state index in [9.17, 15) is 9.90 Å². The fourth-order valence-corrected chi connectivity index (χ4v) is 4.22. The third-order valence-electron chi connectivity index (χ3n) is 5.77. The number of aliphatic hydroxyl groups is 2. The quantitative estimate of drug-likeness (QED) is 0.626. The van der Waals surface area contributed by atoms with E-state index in [0.717, 1.165) is 29.3 Å². The molecule has 1 atom stereocenters. The number of nitrogens with one attached hydrogen (secondary N) is 2. The van der Waals surface area contributed by atoms with Gasteiger partial charge in [0.05, 0.1) is 24.4 Å². The van der Waals surface area contributed by atoms with Gasteiger partial charge in [-0.1, -0.05) is 25.4 Å². The van der Waals surface area contributed by atoms with Crippen LogP contribution in [0, 0.1) is 11.3 Å². The minimum absolute atomic E-state index is 0.0663. The van der Waals surface area contributed by atoms with Crippen LogP contribution in [0.4, 0.5) is 4.79 Å². The smallest absolute Gasteiger partial charge is 0.317 e. The summed E-state index contributed by atoms with van der Waals surface area (Å²) in [5, 5.41) is 31.2. The van der Waals surface area contributed by atoms with E-state index in [1.165, 1.54) is 0 Å². The zero-order chi connectivity index (χ0) is 19.6. The van der Waals surface area contributed by atoms with Crippen molar-refractivity contribution in [3.8, 4) is 0 Å². The molecule has 2 amide bonds. The molecule has 1 unspecified atom stereocenters. The third-order valence-corrected chi connectivity index (χ3v) is 5.98. The highest BCUT2D eigenvalue weighted by atomic mass is 35.5. The van der Waals surface area contributed by atoms with Gasteiger partial charge in [0.15, 0.2) is 0 Å². The monoisotopic (exact) mass is 394 g/mol. The van der Waals surface area contributed by atoms with E-state index < -0.39 is 11.5 Å². The Morgan fingerprint density at radius 2 is 2.15 bits per heavy atom. The lowest BCUT2D eigenvalue weighted by Crippen LogP contribution is -2.47. The maximum absolute atomic E-state index is 12.1. The molecule has 0 aliphatic carbocycles. The van der Waals surface area contributed by atoms with Crippen molar-refractivity contribution in [3.05, 3.63) is 28.9 Å². The van der Waals surface area contributed by atoms with Gasteiger partial charge < -0.3 is 20.4 Å². The van der Waals surface area contributed by atoms with Crippen LogP contribution >= 0.6 is 11.6 Å². The number of fused-ring (bicyclic) bond motifs is 1. The summed E-state index contributed by atoms with van der Waals surface area (Å²) in [6.45, 7) is 5.58. The number of rotatable bonds is 5. The predicted octanol–water partition coefficient (Wildman–Crippen LogP) is 2.69. The number of aromatic amines is 1. The molecule has 0 spiro atoms. The Hall–Kier alpha value is -1.83. The second-order valence-corrected chi connectivity index (χ2v) is 8.21. The number of hydrogen-bond acceptors (Lipinski definition) is 4. The molecule has 0 radical (unpaired) electrons. The molecule has 8 heteroatoms. The number of benzene rings is 1. The van der Waals surface area contributed by atoms with Gasteiger partial charge in [-0.05, 0) is 36.3 Å². The van der Waals surface area contributed by atoms with Crippen LogP contribution in [0.5, 0.6) is 0 Å². The van der Waals surface area contributed by atoms with E-state index in [-0.39, 0.29) is 25.1 Å². The largest absolute Gasteiger partial charge is 0.395 e. The number of aliphatic hydroxyl groups excluding tert-OH is 2. The first-order valence-electron chi connectivity index (χ1n) is 9.28. The summed E-state index contributed by atoms with van der Waals surface area (Å²) in [5.74, 6) is 0.256. The molecule has 27 heavy (non-hydrogen) atoms. The van der Waals surface area contributed by atoms with Gasteiger partial charge >= 0.3 is 6.03 Å². The SMILES string of the molecule is CC(C)(C1CCN(C(=O)NCCO)CC1)C(O)c1cc(Cl)cc2cn[nH]c12. The predicted molar refractivity (Wildman–Crippen MR) is 105 cm³/mol. The molecule has 7 nitrogen and oxygen atoms in total. The van der Waals surface area contributed by atoms with E-state index in [1.807, 2.05) is 6.07 Å². The number of H-pyrrole nitrogens is 1. The van der Waals surface area contributed by atoms with Gasteiger partial charge in [0.2, 0.25) is 0 Å². The molecule has 1 aliphatic rings. The van der Waals surface area contributed by atoms with Crippen molar-refractivity contribution < 1.29 is 15.0 Å². The molecule has 1 saturated heterocycles. The highest BCUT2D eigenvalue weighted by Gasteiger charge is 2.40. The minimum atomic E-state index is -0.709. The van der Waals surface area contributed by atoms with Gasteiger partial charge in [0.1, 0.15) is 0 Å². The average molecular weight is 395 g/mol. The van der Waals surface area contributed by atoms with Crippen molar-refractivity contribution in [3.63, 3.8) is 0 Å². The highest BCUT2D eigenvalue weighted by Crippen LogP contribution is 2.46. The van der Waals surface area contributed by atoms with Gasteiger partial charge in [-0.3, -0.25) is 5.10 Å². The zero-order valence-corrected chi connectivity index (χ0v) is 16.5. The van der Waals surface area contributed by atoms with E-state index in [2.05, 4.69) is 29.4 Å². The Kier molecular flexibility index (Phi) is 5.93. The topological polar surface area (TPSA) is 101 Å². The lowest BCUT2D eigenvalue weighted by molar-refractivity contribution is -0.0143. The lowest BCUT2D eigenvalue weighted by atomic mass is 9.68. The van der Waals surface area contributed by atoms with Crippen LogP contribution in [0.15, 0.2) is 18.3 Å². The first-order chi connectivity index (χ1) is 12.8. The van der Waals surface area contributed by atoms with Crippen molar-refractivity contribution in [1.82, 2.24) is 20.4 Å². The first kappa shape index (κ1) is 19.9. The average Bonchev–Trinajstić information content (AvgIpc) is 3.13. The molecule has 4 N–H and O–H groups in total.